The van der Waals surface area contributed by atoms with Gasteiger partial charge in [0.05, 0.1) is 24.1 Å². The molecule has 0 unspecified atom stereocenters. The van der Waals surface area contributed by atoms with Gasteiger partial charge in [-0.3, -0.25) is 14.2 Å². The van der Waals surface area contributed by atoms with Gasteiger partial charge in [0.1, 0.15) is 5.75 Å². The Morgan fingerprint density at radius 2 is 1.62 bits per heavy atom. The lowest BCUT2D eigenvalue weighted by Gasteiger charge is -2.21. The molecule has 1 amide bonds. The average molecular weight is 427 g/mol. The third-order valence-electron chi connectivity index (χ3n) is 5.79. The van der Waals surface area contributed by atoms with Crippen molar-refractivity contribution in [2.24, 2.45) is 0 Å². The van der Waals surface area contributed by atoms with Crippen molar-refractivity contribution in [2.45, 2.75) is 26.3 Å². The number of carbonyl (C=O) groups is 1. The van der Waals surface area contributed by atoms with Crippen molar-refractivity contribution in [2.75, 3.05) is 7.11 Å². The van der Waals surface area contributed by atoms with Crippen molar-refractivity contribution in [1.29, 1.82) is 0 Å². The van der Waals surface area contributed by atoms with Gasteiger partial charge in [-0.1, -0.05) is 67.6 Å². The number of aromatic nitrogens is 1. The predicted octanol–water partition coefficient (Wildman–Crippen LogP) is 5.19. The van der Waals surface area contributed by atoms with Crippen molar-refractivity contribution in [3.63, 3.8) is 0 Å². The van der Waals surface area contributed by atoms with E-state index >= 15 is 0 Å². The van der Waals surface area contributed by atoms with Gasteiger partial charge >= 0.3 is 0 Å². The molecule has 0 saturated heterocycles. The zero-order chi connectivity index (χ0) is 22.7. The van der Waals surface area contributed by atoms with E-state index in [-0.39, 0.29) is 17.5 Å². The second-order valence-corrected chi connectivity index (χ2v) is 7.66. The van der Waals surface area contributed by atoms with Gasteiger partial charge in [0.15, 0.2) is 0 Å². The summed E-state index contributed by atoms with van der Waals surface area (Å²) in [6.45, 7) is 3.85. The molecular weight excluding hydrogens is 400 g/mol. The highest BCUT2D eigenvalue weighted by Crippen LogP contribution is 2.29. The van der Waals surface area contributed by atoms with Crippen LogP contribution in [0.25, 0.3) is 16.5 Å². The van der Waals surface area contributed by atoms with Gasteiger partial charge in [-0.05, 0) is 37.1 Å². The van der Waals surface area contributed by atoms with Gasteiger partial charge in [-0.15, -0.1) is 0 Å². The number of nitrogens with zero attached hydrogens (tertiary/aromatic N) is 1. The Hall–Kier alpha value is -3.86. The van der Waals surface area contributed by atoms with Crippen LogP contribution in [-0.2, 0) is 0 Å². The molecule has 0 aliphatic carbocycles. The monoisotopic (exact) mass is 426 g/mol. The molecule has 0 aliphatic heterocycles. The summed E-state index contributed by atoms with van der Waals surface area (Å²) in [4.78, 5) is 27.2. The van der Waals surface area contributed by atoms with Crippen LogP contribution in [0.1, 0.15) is 41.0 Å². The fourth-order valence-electron chi connectivity index (χ4n) is 4.21. The van der Waals surface area contributed by atoms with Crippen molar-refractivity contribution >= 4 is 16.7 Å². The van der Waals surface area contributed by atoms with Gasteiger partial charge in [0.2, 0.25) is 0 Å². The first-order valence-corrected chi connectivity index (χ1v) is 10.7. The first-order valence-electron chi connectivity index (χ1n) is 10.7. The van der Waals surface area contributed by atoms with Crippen molar-refractivity contribution in [3.05, 3.63) is 106 Å². The molecule has 5 nitrogen and oxygen atoms in total. The van der Waals surface area contributed by atoms with Crippen LogP contribution in [0.2, 0.25) is 0 Å². The molecule has 0 saturated carbocycles. The number of benzene rings is 3. The molecule has 4 rings (SSSR count). The van der Waals surface area contributed by atoms with E-state index in [1.807, 2.05) is 74.5 Å². The Labute approximate surface area is 187 Å². The van der Waals surface area contributed by atoms with E-state index in [1.165, 1.54) is 7.11 Å². The number of fused-ring (bicyclic) bond motifs is 1. The van der Waals surface area contributed by atoms with Crippen molar-refractivity contribution < 1.29 is 9.53 Å². The number of ether oxygens (including phenoxy) is 1. The number of methoxy groups -OCH3 is 1. The highest BCUT2D eigenvalue weighted by Gasteiger charge is 2.24. The quantitative estimate of drug-likeness (QED) is 0.462. The number of rotatable bonds is 6. The van der Waals surface area contributed by atoms with Crippen LogP contribution < -0.4 is 15.6 Å². The molecule has 4 aromatic rings. The largest absolute Gasteiger partial charge is 0.496 e. The lowest BCUT2D eigenvalue weighted by molar-refractivity contribution is 0.0936. The number of hydrogen-bond donors (Lipinski definition) is 1. The van der Waals surface area contributed by atoms with Gasteiger partial charge in [0.25, 0.3) is 11.5 Å². The van der Waals surface area contributed by atoms with E-state index in [0.29, 0.717) is 33.5 Å². The molecular formula is C27H26N2O3. The third kappa shape index (κ3) is 3.78. The SMILES string of the molecule is CC[C@H](NC(=O)c1c(C)n(-c2ccccc2)c(=O)c2c(OC)cccc12)c1ccccc1. The third-order valence-corrected chi connectivity index (χ3v) is 5.79. The van der Waals surface area contributed by atoms with Crippen LogP contribution >= 0.6 is 0 Å². The zero-order valence-corrected chi connectivity index (χ0v) is 18.5. The summed E-state index contributed by atoms with van der Waals surface area (Å²) in [6.07, 6.45) is 0.744. The van der Waals surface area contributed by atoms with Crippen LogP contribution in [0.15, 0.2) is 83.7 Å². The Kier molecular flexibility index (Phi) is 6.08. The highest BCUT2D eigenvalue weighted by atomic mass is 16.5. The molecule has 162 valence electrons. The van der Waals surface area contributed by atoms with Crippen molar-refractivity contribution in [3.8, 4) is 11.4 Å². The smallest absolute Gasteiger partial charge is 0.266 e. The number of amides is 1. The molecule has 1 aromatic heterocycles. The zero-order valence-electron chi connectivity index (χ0n) is 18.5. The molecule has 3 aromatic carbocycles. The topological polar surface area (TPSA) is 60.3 Å². The minimum absolute atomic E-state index is 0.138. The fraction of sp³-hybridized carbons (Fsp3) is 0.185. The molecule has 0 fully saturated rings. The lowest BCUT2D eigenvalue weighted by Crippen LogP contribution is -2.32. The Morgan fingerprint density at radius 3 is 2.25 bits per heavy atom. The van der Waals surface area contributed by atoms with E-state index in [4.69, 9.17) is 4.74 Å². The minimum Gasteiger partial charge on any atom is -0.496 e. The van der Waals surface area contributed by atoms with E-state index in [9.17, 15) is 9.59 Å². The summed E-state index contributed by atoms with van der Waals surface area (Å²) in [5.74, 6) is 0.225. The molecule has 32 heavy (non-hydrogen) atoms. The van der Waals surface area contributed by atoms with E-state index in [2.05, 4.69) is 5.32 Å². The van der Waals surface area contributed by atoms with E-state index < -0.39 is 0 Å². The Morgan fingerprint density at radius 1 is 0.969 bits per heavy atom. The predicted molar refractivity (Wildman–Crippen MR) is 128 cm³/mol. The summed E-state index contributed by atoms with van der Waals surface area (Å²) in [6, 6.07) is 24.5. The minimum atomic E-state index is -0.221. The summed E-state index contributed by atoms with van der Waals surface area (Å²) >= 11 is 0. The molecule has 1 atom stereocenters. The Balaban J connectivity index is 1.94. The maximum absolute atomic E-state index is 13.6. The lowest BCUT2D eigenvalue weighted by atomic mass is 10.00. The number of para-hydroxylation sites is 1. The van der Waals surface area contributed by atoms with Gasteiger partial charge in [0, 0.05) is 16.8 Å². The summed E-state index contributed by atoms with van der Waals surface area (Å²) in [5, 5.41) is 4.15. The maximum Gasteiger partial charge on any atom is 0.266 e. The van der Waals surface area contributed by atoms with Gasteiger partial charge in [-0.2, -0.15) is 0 Å². The van der Waals surface area contributed by atoms with Crippen molar-refractivity contribution in [1.82, 2.24) is 9.88 Å². The second-order valence-electron chi connectivity index (χ2n) is 7.66. The number of hydrogen-bond acceptors (Lipinski definition) is 3. The molecule has 0 radical (unpaired) electrons. The summed E-state index contributed by atoms with van der Waals surface area (Å²) in [7, 11) is 1.53. The van der Waals surface area contributed by atoms with Crippen LogP contribution in [0, 0.1) is 6.92 Å². The normalized spacial score (nSPS) is 11.8. The molecule has 0 bridgehead atoms. The maximum atomic E-state index is 13.6. The first kappa shape index (κ1) is 21.4. The molecule has 0 spiro atoms. The summed E-state index contributed by atoms with van der Waals surface area (Å²) < 4.78 is 7.09. The van der Waals surface area contributed by atoms with Crippen LogP contribution in [0.3, 0.4) is 0 Å². The standard InChI is InChI=1S/C27H26N2O3/c1-4-22(19-12-7-5-8-13-19)28-26(30)24-18(2)29(20-14-9-6-10-15-20)27(31)25-21(24)16-11-17-23(25)32-3/h5-17,22H,4H2,1-3H3,(H,28,30)/t22-/m0/s1. The molecule has 1 N–H and O–H groups in total. The fourth-order valence-corrected chi connectivity index (χ4v) is 4.21. The summed E-state index contributed by atoms with van der Waals surface area (Å²) in [5.41, 5.74) is 2.58. The first-order chi connectivity index (χ1) is 15.6. The highest BCUT2D eigenvalue weighted by molar-refractivity contribution is 6.09. The van der Waals surface area contributed by atoms with E-state index in [1.54, 1.807) is 22.8 Å². The van der Waals surface area contributed by atoms with Gasteiger partial charge < -0.3 is 10.1 Å². The molecule has 5 heteroatoms. The number of pyridine rings is 1. The second kappa shape index (κ2) is 9.10. The molecule has 0 aliphatic rings. The number of carbonyl (C=O) groups excluding carboxylic acids is 1. The van der Waals surface area contributed by atoms with Gasteiger partial charge in [-0.25, -0.2) is 0 Å². The van der Waals surface area contributed by atoms with Crippen LogP contribution in [-0.4, -0.2) is 17.6 Å². The average Bonchev–Trinajstić information content (AvgIpc) is 2.83. The Bertz CT molecular complexity index is 1310. The molecule has 1 heterocycles. The van der Waals surface area contributed by atoms with E-state index in [0.717, 1.165) is 12.0 Å². The van der Waals surface area contributed by atoms with Crippen LogP contribution in [0.4, 0.5) is 0 Å². The van der Waals surface area contributed by atoms with Crippen LogP contribution in [0.5, 0.6) is 5.75 Å². The number of nitrogens with one attached hydrogen (secondary N) is 1.